The van der Waals surface area contributed by atoms with Gasteiger partial charge in [-0.15, -0.1) is 10.2 Å². The van der Waals surface area contributed by atoms with Gasteiger partial charge in [0, 0.05) is 23.7 Å². The average Bonchev–Trinajstić information content (AvgIpc) is 3.38. The topological polar surface area (TPSA) is 102 Å². The number of benzene rings is 1. The molecule has 0 saturated heterocycles. The molecule has 4 aromatic rings. The molecule has 0 fully saturated rings. The van der Waals surface area contributed by atoms with Gasteiger partial charge in [0.05, 0.1) is 6.26 Å². The van der Waals surface area contributed by atoms with Crippen molar-refractivity contribution in [1.82, 2.24) is 25.0 Å². The third kappa shape index (κ3) is 3.38. The number of H-pyrrole nitrogens is 1. The van der Waals surface area contributed by atoms with E-state index in [4.69, 9.17) is 4.42 Å². The summed E-state index contributed by atoms with van der Waals surface area (Å²) < 4.78 is 7.12. The average molecular weight is 366 g/mol. The van der Waals surface area contributed by atoms with Crippen LogP contribution in [0.15, 0.2) is 69.5 Å². The largest absolute Gasteiger partial charge is 0.463 e. The highest BCUT2D eigenvalue weighted by atomic mass is 32.2. The zero-order valence-corrected chi connectivity index (χ0v) is 14.5. The first kappa shape index (κ1) is 16.2. The Kier molecular flexibility index (Phi) is 4.28. The van der Waals surface area contributed by atoms with E-state index in [0.717, 1.165) is 10.1 Å². The molecule has 0 saturated carbocycles. The van der Waals surface area contributed by atoms with Gasteiger partial charge in [0.15, 0.2) is 16.6 Å². The zero-order valence-electron chi connectivity index (χ0n) is 13.7. The van der Waals surface area contributed by atoms with Crippen molar-refractivity contribution in [3.8, 4) is 11.5 Å². The molecule has 1 amide bonds. The monoisotopic (exact) mass is 366 g/mol. The summed E-state index contributed by atoms with van der Waals surface area (Å²) in [5.74, 6) is 0.328. The number of aryl methyl sites for hydroxylation is 1. The molecular formula is C17H14N6O2S. The van der Waals surface area contributed by atoms with E-state index in [-0.39, 0.29) is 11.6 Å². The second-order valence-electron chi connectivity index (χ2n) is 5.45. The SMILES string of the molecule is Cn1cnnc1Sc1ccc(NC(=O)c2cc(-c3ccco3)[nH]n2)cc1. The van der Waals surface area contributed by atoms with Crippen molar-refractivity contribution in [2.24, 2.45) is 7.05 Å². The maximum absolute atomic E-state index is 12.3. The number of nitrogens with one attached hydrogen (secondary N) is 2. The van der Waals surface area contributed by atoms with E-state index < -0.39 is 0 Å². The van der Waals surface area contributed by atoms with E-state index >= 15 is 0 Å². The quantitative estimate of drug-likeness (QED) is 0.562. The van der Waals surface area contributed by atoms with Crippen LogP contribution >= 0.6 is 11.8 Å². The Morgan fingerprint density at radius 1 is 1.27 bits per heavy atom. The Hall–Kier alpha value is -3.33. The molecule has 3 heterocycles. The molecule has 0 aliphatic heterocycles. The number of carbonyl (C=O) groups is 1. The highest BCUT2D eigenvalue weighted by Gasteiger charge is 2.13. The molecule has 0 spiro atoms. The van der Waals surface area contributed by atoms with Crippen LogP contribution in [0.5, 0.6) is 0 Å². The summed E-state index contributed by atoms with van der Waals surface area (Å²) in [7, 11) is 1.89. The van der Waals surface area contributed by atoms with Gasteiger partial charge in [0.25, 0.3) is 5.91 Å². The van der Waals surface area contributed by atoms with Crippen LogP contribution in [-0.4, -0.2) is 30.9 Å². The van der Waals surface area contributed by atoms with E-state index in [1.54, 1.807) is 30.8 Å². The van der Waals surface area contributed by atoms with E-state index in [1.807, 2.05) is 35.9 Å². The fraction of sp³-hybridized carbons (Fsp3) is 0.0588. The molecule has 0 bridgehead atoms. The molecule has 3 aromatic heterocycles. The summed E-state index contributed by atoms with van der Waals surface area (Å²) >= 11 is 1.50. The first-order valence-corrected chi connectivity index (χ1v) is 8.53. The number of hydrogen-bond donors (Lipinski definition) is 2. The number of carbonyl (C=O) groups excluding carboxylic acids is 1. The predicted molar refractivity (Wildman–Crippen MR) is 95.8 cm³/mol. The van der Waals surface area contributed by atoms with E-state index in [9.17, 15) is 4.79 Å². The standard InChI is InChI=1S/C17H14N6O2S/c1-23-10-18-22-17(23)26-12-6-4-11(5-7-12)19-16(24)14-9-13(20-21-14)15-3-2-8-25-15/h2-10H,1H3,(H,19,24)(H,20,21). The summed E-state index contributed by atoms with van der Waals surface area (Å²) in [4.78, 5) is 13.3. The van der Waals surface area contributed by atoms with Crippen molar-refractivity contribution in [3.63, 3.8) is 0 Å². The van der Waals surface area contributed by atoms with Crippen LogP contribution in [0.3, 0.4) is 0 Å². The van der Waals surface area contributed by atoms with Crippen molar-refractivity contribution >= 4 is 23.4 Å². The fourth-order valence-electron chi connectivity index (χ4n) is 2.27. The number of anilines is 1. The molecule has 0 atom stereocenters. The van der Waals surface area contributed by atoms with Gasteiger partial charge < -0.3 is 14.3 Å². The minimum absolute atomic E-state index is 0.286. The molecule has 0 aliphatic carbocycles. The molecule has 9 heteroatoms. The number of rotatable bonds is 5. The first-order chi connectivity index (χ1) is 12.7. The summed E-state index contributed by atoms with van der Waals surface area (Å²) in [6.07, 6.45) is 3.22. The van der Waals surface area contributed by atoms with E-state index in [1.165, 1.54) is 11.8 Å². The van der Waals surface area contributed by atoms with Gasteiger partial charge in [-0.2, -0.15) is 5.10 Å². The van der Waals surface area contributed by atoms with Gasteiger partial charge in [-0.05, 0) is 48.2 Å². The predicted octanol–water partition coefficient (Wildman–Crippen LogP) is 3.20. The molecule has 0 unspecified atom stereocenters. The molecular weight excluding hydrogens is 352 g/mol. The normalized spacial score (nSPS) is 10.8. The molecule has 130 valence electrons. The van der Waals surface area contributed by atoms with Crippen LogP contribution in [-0.2, 0) is 7.05 Å². The highest BCUT2D eigenvalue weighted by molar-refractivity contribution is 7.99. The molecule has 4 rings (SSSR count). The van der Waals surface area contributed by atoms with Crippen molar-refractivity contribution in [2.75, 3.05) is 5.32 Å². The zero-order chi connectivity index (χ0) is 17.9. The van der Waals surface area contributed by atoms with Crippen molar-refractivity contribution < 1.29 is 9.21 Å². The maximum Gasteiger partial charge on any atom is 0.276 e. The highest BCUT2D eigenvalue weighted by Crippen LogP contribution is 2.26. The van der Waals surface area contributed by atoms with Crippen molar-refractivity contribution in [1.29, 1.82) is 0 Å². The Labute approximate surface area is 152 Å². The van der Waals surface area contributed by atoms with Gasteiger partial charge in [0.2, 0.25) is 0 Å². The Morgan fingerprint density at radius 2 is 2.12 bits per heavy atom. The summed E-state index contributed by atoms with van der Waals surface area (Å²) in [5, 5.41) is 18.3. The molecule has 0 radical (unpaired) electrons. The van der Waals surface area contributed by atoms with Crippen LogP contribution in [0.4, 0.5) is 5.69 Å². The summed E-state index contributed by atoms with van der Waals surface area (Å²) in [6.45, 7) is 0. The van der Waals surface area contributed by atoms with E-state index in [0.29, 0.717) is 17.1 Å². The fourth-order valence-corrected chi connectivity index (χ4v) is 3.03. The van der Waals surface area contributed by atoms with Gasteiger partial charge in [-0.3, -0.25) is 9.89 Å². The molecule has 1 aromatic carbocycles. The number of amides is 1. The lowest BCUT2D eigenvalue weighted by Crippen LogP contribution is -2.12. The lowest BCUT2D eigenvalue weighted by molar-refractivity contribution is 0.102. The van der Waals surface area contributed by atoms with Crippen LogP contribution in [0.2, 0.25) is 0 Å². The van der Waals surface area contributed by atoms with Crippen LogP contribution < -0.4 is 5.32 Å². The third-order valence-corrected chi connectivity index (χ3v) is 4.65. The molecule has 2 N–H and O–H groups in total. The van der Waals surface area contributed by atoms with Crippen LogP contribution in [0, 0.1) is 0 Å². The Morgan fingerprint density at radius 3 is 2.81 bits per heavy atom. The number of aromatic nitrogens is 5. The molecule has 8 nitrogen and oxygen atoms in total. The Bertz CT molecular complexity index is 1020. The number of nitrogens with zero attached hydrogens (tertiary/aromatic N) is 4. The second kappa shape index (κ2) is 6.89. The van der Waals surface area contributed by atoms with Gasteiger partial charge >= 0.3 is 0 Å². The minimum atomic E-state index is -0.298. The van der Waals surface area contributed by atoms with Crippen LogP contribution in [0.1, 0.15) is 10.5 Å². The maximum atomic E-state index is 12.3. The van der Waals surface area contributed by atoms with Gasteiger partial charge in [-0.1, -0.05) is 0 Å². The molecule has 0 aliphatic rings. The van der Waals surface area contributed by atoms with E-state index in [2.05, 4.69) is 25.7 Å². The van der Waals surface area contributed by atoms with Gasteiger partial charge in [-0.25, -0.2) is 0 Å². The number of hydrogen-bond acceptors (Lipinski definition) is 6. The third-order valence-electron chi connectivity index (χ3n) is 3.59. The second-order valence-corrected chi connectivity index (χ2v) is 6.49. The molecule has 26 heavy (non-hydrogen) atoms. The number of aromatic amines is 1. The smallest absolute Gasteiger partial charge is 0.276 e. The van der Waals surface area contributed by atoms with Crippen LogP contribution in [0.25, 0.3) is 11.5 Å². The Balaban J connectivity index is 1.42. The minimum Gasteiger partial charge on any atom is -0.463 e. The van der Waals surface area contributed by atoms with Crippen molar-refractivity contribution in [2.45, 2.75) is 10.1 Å². The lowest BCUT2D eigenvalue weighted by Gasteiger charge is -2.05. The summed E-state index contributed by atoms with van der Waals surface area (Å²) in [6, 6.07) is 12.7. The first-order valence-electron chi connectivity index (χ1n) is 7.71. The van der Waals surface area contributed by atoms with Gasteiger partial charge in [0.1, 0.15) is 12.0 Å². The van der Waals surface area contributed by atoms with Crippen molar-refractivity contribution in [3.05, 3.63) is 60.7 Å². The lowest BCUT2D eigenvalue weighted by atomic mass is 10.2. The number of furan rings is 1. The summed E-state index contributed by atoms with van der Waals surface area (Å²) in [5.41, 5.74) is 1.62.